The summed E-state index contributed by atoms with van der Waals surface area (Å²) in [6.07, 6.45) is 2.31. The van der Waals surface area contributed by atoms with E-state index in [1.807, 2.05) is 14.1 Å². The molecule has 1 saturated carbocycles. The van der Waals surface area contributed by atoms with Crippen LogP contribution in [0.15, 0.2) is 18.2 Å². The molecule has 0 atom stereocenters. The number of rotatable bonds is 4. The molecule has 0 heterocycles. The van der Waals surface area contributed by atoms with Gasteiger partial charge in [-0.3, -0.25) is 5.43 Å². The van der Waals surface area contributed by atoms with Crippen molar-refractivity contribution in [3.63, 3.8) is 0 Å². The van der Waals surface area contributed by atoms with E-state index in [1.54, 1.807) is 23.2 Å². The first-order valence-corrected chi connectivity index (χ1v) is 6.36. The van der Waals surface area contributed by atoms with E-state index in [0.29, 0.717) is 17.1 Å². The van der Waals surface area contributed by atoms with Crippen LogP contribution < -0.4 is 14.9 Å². The molecule has 0 amide bonds. The van der Waals surface area contributed by atoms with Crippen molar-refractivity contribution in [1.82, 2.24) is 10.4 Å². The van der Waals surface area contributed by atoms with Crippen LogP contribution in [0, 0.1) is 11.3 Å². The zero-order valence-corrected chi connectivity index (χ0v) is 11.7. The molecule has 0 aromatic heterocycles. The van der Waals surface area contributed by atoms with Gasteiger partial charge in [-0.25, -0.2) is 5.01 Å². The van der Waals surface area contributed by atoms with Crippen molar-refractivity contribution in [2.24, 2.45) is 0 Å². The number of benzene rings is 1. The second kappa shape index (κ2) is 5.87. The summed E-state index contributed by atoms with van der Waals surface area (Å²) in [5, 5.41) is 10.8. The number of nitriles is 1. The molecule has 0 saturated heterocycles. The van der Waals surface area contributed by atoms with Gasteiger partial charge in [-0.2, -0.15) is 5.26 Å². The first-order valence-electron chi connectivity index (χ1n) is 5.95. The van der Waals surface area contributed by atoms with Gasteiger partial charge in [0.1, 0.15) is 0 Å². The van der Waals surface area contributed by atoms with Crippen LogP contribution in [-0.2, 0) is 0 Å². The Balaban J connectivity index is 2.13. The molecular formula is C13H15N3O2S. The van der Waals surface area contributed by atoms with Gasteiger partial charge < -0.3 is 9.47 Å². The summed E-state index contributed by atoms with van der Waals surface area (Å²) >= 11 is 5.07. The minimum Gasteiger partial charge on any atom is -0.486 e. The first kappa shape index (κ1) is 13.6. The van der Waals surface area contributed by atoms with Crippen LogP contribution in [0.2, 0.25) is 0 Å². The third kappa shape index (κ3) is 4.09. The highest BCUT2D eigenvalue weighted by atomic mass is 32.1. The number of hydrazine groups is 1. The van der Waals surface area contributed by atoms with Crippen LogP contribution in [0.5, 0.6) is 11.5 Å². The SMILES string of the molecule is CN(C)NC(=S)Oc1ccc(C#N)cc1OC1CC1. The standard InChI is InChI=1S/C13H15N3O2S/c1-16(2)15-13(19)18-11-6-3-9(8-14)7-12(11)17-10-4-5-10/h3,6-7,10H,4-5H2,1-2H3,(H,15,19). The van der Waals surface area contributed by atoms with Gasteiger partial charge in [0, 0.05) is 20.2 Å². The highest BCUT2D eigenvalue weighted by molar-refractivity contribution is 7.80. The van der Waals surface area contributed by atoms with Crippen molar-refractivity contribution in [2.45, 2.75) is 18.9 Å². The molecule has 1 N–H and O–H groups in total. The average Bonchev–Trinajstić information content (AvgIpc) is 3.14. The Morgan fingerprint density at radius 1 is 1.42 bits per heavy atom. The zero-order chi connectivity index (χ0) is 13.8. The van der Waals surface area contributed by atoms with Gasteiger partial charge in [0.2, 0.25) is 0 Å². The predicted octanol–water partition coefficient (Wildman–Crippen LogP) is 1.83. The number of hydrogen-bond donors (Lipinski definition) is 1. The Morgan fingerprint density at radius 2 is 2.16 bits per heavy atom. The van der Waals surface area contributed by atoms with E-state index in [4.69, 9.17) is 27.0 Å². The molecule has 1 aromatic rings. The largest absolute Gasteiger partial charge is 0.486 e. The van der Waals surface area contributed by atoms with Gasteiger partial charge in [0.15, 0.2) is 11.5 Å². The first-order chi connectivity index (χ1) is 9.08. The fourth-order valence-electron chi connectivity index (χ4n) is 1.42. The van der Waals surface area contributed by atoms with Gasteiger partial charge in [-0.1, -0.05) is 0 Å². The normalized spacial score (nSPS) is 13.8. The number of hydrogen-bond acceptors (Lipinski definition) is 5. The van der Waals surface area contributed by atoms with Crippen LogP contribution in [0.3, 0.4) is 0 Å². The average molecular weight is 277 g/mol. The lowest BCUT2D eigenvalue weighted by atomic mass is 10.2. The maximum atomic E-state index is 8.91. The van der Waals surface area contributed by atoms with Gasteiger partial charge in [0.25, 0.3) is 5.17 Å². The van der Waals surface area contributed by atoms with Crippen molar-refractivity contribution >= 4 is 17.4 Å². The number of thiocarbonyl (C=S) groups is 1. The molecule has 0 bridgehead atoms. The van der Waals surface area contributed by atoms with Gasteiger partial charge >= 0.3 is 0 Å². The lowest BCUT2D eigenvalue weighted by Crippen LogP contribution is -2.37. The van der Waals surface area contributed by atoms with E-state index in [9.17, 15) is 0 Å². The molecule has 1 aromatic carbocycles. The summed E-state index contributed by atoms with van der Waals surface area (Å²) in [4.78, 5) is 0. The summed E-state index contributed by atoms with van der Waals surface area (Å²) in [5.74, 6) is 1.08. The molecule has 0 aliphatic heterocycles. The van der Waals surface area contributed by atoms with Crippen molar-refractivity contribution in [1.29, 1.82) is 5.26 Å². The predicted molar refractivity (Wildman–Crippen MR) is 74.9 cm³/mol. The van der Waals surface area contributed by atoms with Crippen LogP contribution in [0.4, 0.5) is 0 Å². The Bertz CT molecular complexity index is 521. The van der Waals surface area contributed by atoms with E-state index in [1.165, 1.54) is 0 Å². The van der Waals surface area contributed by atoms with Gasteiger partial charge in [-0.15, -0.1) is 0 Å². The van der Waals surface area contributed by atoms with Gasteiger partial charge in [-0.05, 0) is 37.2 Å². The number of nitrogens with zero attached hydrogens (tertiary/aromatic N) is 2. The van der Waals surface area contributed by atoms with E-state index in [2.05, 4.69) is 11.5 Å². The Labute approximate surface area is 117 Å². The molecule has 100 valence electrons. The molecule has 2 rings (SSSR count). The minimum atomic E-state index is 0.228. The molecule has 1 fully saturated rings. The highest BCUT2D eigenvalue weighted by Crippen LogP contribution is 2.34. The van der Waals surface area contributed by atoms with E-state index >= 15 is 0 Å². The monoisotopic (exact) mass is 277 g/mol. The second-order valence-electron chi connectivity index (χ2n) is 4.49. The molecule has 0 radical (unpaired) electrons. The summed E-state index contributed by atoms with van der Waals surface area (Å²) in [7, 11) is 3.63. The highest BCUT2D eigenvalue weighted by Gasteiger charge is 2.25. The Hall–Kier alpha value is -1.84. The van der Waals surface area contributed by atoms with Crippen LogP contribution in [0.25, 0.3) is 0 Å². The van der Waals surface area contributed by atoms with Crippen molar-refractivity contribution in [2.75, 3.05) is 14.1 Å². The maximum Gasteiger partial charge on any atom is 0.277 e. The lowest BCUT2D eigenvalue weighted by molar-refractivity contribution is 0.286. The fourth-order valence-corrected chi connectivity index (χ4v) is 1.70. The Kier molecular flexibility index (Phi) is 4.20. The molecule has 0 spiro atoms. The lowest BCUT2D eigenvalue weighted by Gasteiger charge is -2.16. The van der Waals surface area contributed by atoms with E-state index in [0.717, 1.165) is 12.8 Å². The summed E-state index contributed by atoms with van der Waals surface area (Å²) < 4.78 is 11.3. The molecule has 19 heavy (non-hydrogen) atoms. The minimum absolute atomic E-state index is 0.228. The van der Waals surface area contributed by atoms with Crippen LogP contribution in [-0.4, -0.2) is 30.4 Å². The summed E-state index contributed by atoms with van der Waals surface area (Å²) in [6.45, 7) is 0. The van der Waals surface area contributed by atoms with Crippen LogP contribution >= 0.6 is 12.2 Å². The van der Waals surface area contributed by atoms with E-state index < -0.39 is 0 Å². The maximum absolute atomic E-state index is 8.91. The smallest absolute Gasteiger partial charge is 0.277 e. The number of ether oxygens (including phenoxy) is 2. The summed E-state index contributed by atoms with van der Waals surface area (Å²) in [5.41, 5.74) is 3.37. The molecule has 6 heteroatoms. The van der Waals surface area contributed by atoms with Crippen molar-refractivity contribution in [3.8, 4) is 17.6 Å². The molecule has 1 aliphatic carbocycles. The van der Waals surface area contributed by atoms with Crippen molar-refractivity contribution in [3.05, 3.63) is 23.8 Å². The number of nitrogens with one attached hydrogen (secondary N) is 1. The second-order valence-corrected chi connectivity index (χ2v) is 4.86. The molecule has 1 aliphatic rings. The topological polar surface area (TPSA) is 57.5 Å². The van der Waals surface area contributed by atoms with Gasteiger partial charge in [0.05, 0.1) is 17.7 Å². The summed E-state index contributed by atoms with van der Waals surface area (Å²) in [6, 6.07) is 7.12. The molecule has 5 nitrogen and oxygen atoms in total. The van der Waals surface area contributed by atoms with Crippen molar-refractivity contribution < 1.29 is 9.47 Å². The molecular weight excluding hydrogens is 262 g/mol. The van der Waals surface area contributed by atoms with Crippen LogP contribution in [0.1, 0.15) is 18.4 Å². The zero-order valence-electron chi connectivity index (χ0n) is 10.8. The third-order valence-corrected chi connectivity index (χ3v) is 2.58. The fraction of sp³-hybridized carbons (Fsp3) is 0.385. The molecule has 0 unspecified atom stereocenters. The Morgan fingerprint density at radius 3 is 2.74 bits per heavy atom. The quantitative estimate of drug-likeness (QED) is 0.669. The van der Waals surface area contributed by atoms with E-state index in [-0.39, 0.29) is 11.3 Å². The third-order valence-electron chi connectivity index (χ3n) is 2.41.